The van der Waals surface area contributed by atoms with Crippen molar-refractivity contribution >= 4 is 6.29 Å². The standard InChI is InChI=1S/C18H20O2/c1-18(2,3)17(15-8-10-16(20)11-9-15)14-6-4-13(12-19)5-7-14/h4-12,17,20H,1-3H3. The fourth-order valence-electron chi connectivity index (χ4n) is 2.63. The zero-order valence-corrected chi connectivity index (χ0v) is 12.1. The number of phenolic OH excluding ortho intramolecular Hbond substituents is 1. The first-order valence-corrected chi connectivity index (χ1v) is 6.76. The number of aromatic hydroxyl groups is 1. The van der Waals surface area contributed by atoms with Gasteiger partial charge >= 0.3 is 0 Å². The zero-order chi connectivity index (χ0) is 14.8. The van der Waals surface area contributed by atoms with Crippen LogP contribution in [-0.4, -0.2) is 11.4 Å². The summed E-state index contributed by atoms with van der Waals surface area (Å²) in [5.41, 5.74) is 3.06. The van der Waals surface area contributed by atoms with Crippen molar-refractivity contribution in [2.45, 2.75) is 26.7 Å². The Morgan fingerprint density at radius 1 is 0.900 bits per heavy atom. The molecule has 20 heavy (non-hydrogen) atoms. The Balaban J connectivity index is 2.47. The lowest BCUT2D eigenvalue weighted by Gasteiger charge is -2.32. The molecule has 0 aliphatic carbocycles. The van der Waals surface area contributed by atoms with E-state index in [1.807, 2.05) is 36.4 Å². The molecule has 0 fully saturated rings. The van der Waals surface area contributed by atoms with Gasteiger partial charge in [-0.1, -0.05) is 57.2 Å². The molecule has 0 saturated carbocycles. The maximum atomic E-state index is 10.8. The highest BCUT2D eigenvalue weighted by atomic mass is 16.3. The summed E-state index contributed by atoms with van der Waals surface area (Å²) in [5.74, 6) is 0.488. The number of hydrogen-bond donors (Lipinski definition) is 1. The van der Waals surface area contributed by atoms with Gasteiger partial charge in [0.2, 0.25) is 0 Å². The van der Waals surface area contributed by atoms with Crippen LogP contribution in [0, 0.1) is 5.41 Å². The third-order valence-electron chi connectivity index (χ3n) is 3.50. The van der Waals surface area contributed by atoms with E-state index in [4.69, 9.17) is 0 Å². The Labute approximate surface area is 120 Å². The van der Waals surface area contributed by atoms with Gasteiger partial charge in [0.15, 0.2) is 0 Å². The van der Waals surface area contributed by atoms with E-state index in [1.54, 1.807) is 12.1 Å². The average molecular weight is 268 g/mol. The summed E-state index contributed by atoms with van der Waals surface area (Å²) < 4.78 is 0. The van der Waals surface area contributed by atoms with Crippen molar-refractivity contribution in [3.63, 3.8) is 0 Å². The van der Waals surface area contributed by atoms with Crippen LogP contribution in [0.2, 0.25) is 0 Å². The summed E-state index contributed by atoms with van der Waals surface area (Å²) in [5, 5.41) is 9.44. The average Bonchev–Trinajstić information content (AvgIpc) is 2.41. The Kier molecular flexibility index (Phi) is 3.93. The summed E-state index contributed by atoms with van der Waals surface area (Å²) >= 11 is 0. The van der Waals surface area contributed by atoms with Crippen LogP contribution in [0.4, 0.5) is 0 Å². The van der Waals surface area contributed by atoms with Crippen molar-refractivity contribution in [1.29, 1.82) is 0 Å². The number of benzene rings is 2. The van der Waals surface area contributed by atoms with Crippen LogP contribution in [0.15, 0.2) is 48.5 Å². The smallest absolute Gasteiger partial charge is 0.150 e. The second-order valence-corrected chi connectivity index (χ2v) is 6.18. The Bertz CT molecular complexity index is 574. The van der Waals surface area contributed by atoms with Gasteiger partial charge in [-0.2, -0.15) is 0 Å². The van der Waals surface area contributed by atoms with Gasteiger partial charge in [-0.05, 0) is 28.7 Å². The highest BCUT2D eigenvalue weighted by Gasteiger charge is 2.27. The molecule has 1 unspecified atom stereocenters. The first-order valence-electron chi connectivity index (χ1n) is 6.76. The van der Waals surface area contributed by atoms with Crippen molar-refractivity contribution in [1.82, 2.24) is 0 Å². The molecule has 104 valence electrons. The van der Waals surface area contributed by atoms with Crippen LogP contribution < -0.4 is 0 Å². The molecule has 2 rings (SSSR count). The Morgan fingerprint density at radius 2 is 1.35 bits per heavy atom. The highest BCUT2D eigenvalue weighted by Crippen LogP contribution is 2.40. The predicted octanol–water partition coefficient (Wildman–Crippen LogP) is 4.38. The van der Waals surface area contributed by atoms with Crippen LogP contribution in [0.3, 0.4) is 0 Å². The number of rotatable bonds is 3. The minimum absolute atomic E-state index is 0.0413. The van der Waals surface area contributed by atoms with E-state index in [0.717, 1.165) is 11.8 Å². The molecule has 1 atom stereocenters. The molecule has 1 N–H and O–H groups in total. The van der Waals surface area contributed by atoms with Crippen LogP contribution >= 0.6 is 0 Å². The fourth-order valence-corrected chi connectivity index (χ4v) is 2.63. The molecule has 0 radical (unpaired) electrons. The maximum Gasteiger partial charge on any atom is 0.150 e. The van der Waals surface area contributed by atoms with Crippen molar-refractivity contribution < 1.29 is 9.90 Å². The molecule has 2 heteroatoms. The molecule has 2 aromatic carbocycles. The molecular weight excluding hydrogens is 248 g/mol. The summed E-state index contributed by atoms with van der Waals surface area (Å²) in [6.07, 6.45) is 0.858. The van der Waals surface area contributed by atoms with Crippen molar-refractivity contribution in [2.24, 2.45) is 5.41 Å². The van der Waals surface area contributed by atoms with Gasteiger partial charge in [0.05, 0.1) is 0 Å². The fraction of sp³-hybridized carbons (Fsp3) is 0.278. The molecule has 0 aromatic heterocycles. The first-order chi connectivity index (χ1) is 9.41. The van der Waals surface area contributed by atoms with Crippen molar-refractivity contribution in [3.05, 3.63) is 65.2 Å². The summed E-state index contributed by atoms with van der Waals surface area (Å²) in [4.78, 5) is 10.8. The number of hydrogen-bond acceptors (Lipinski definition) is 2. The number of carbonyl (C=O) groups is 1. The van der Waals surface area contributed by atoms with E-state index in [-0.39, 0.29) is 17.1 Å². The van der Waals surface area contributed by atoms with E-state index in [0.29, 0.717) is 5.56 Å². The van der Waals surface area contributed by atoms with Crippen LogP contribution in [0.5, 0.6) is 5.75 Å². The molecule has 0 spiro atoms. The van der Waals surface area contributed by atoms with Crippen LogP contribution in [0.25, 0.3) is 0 Å². The predicted molar refractivity (Wildman–Crippen MR) is 81.2 cm³/mol. The lowest BCUT2D eigenvalue weighted by Crippen LogP contribution is -2.19. The summed E-state index contributed by atoms with van der Waals surface area (Å²) in [7, 11) is 0. The van der Waals surface area contributed by atoms with Gasteiger partial charge in [-0.15, -0.1) is 0 Å². The van der Waals surface area contributed by atoms with E-state index in [2.05, 4.69) is 20.8 Å². The molecule has 0 saturated heterocycles. The topological polar surface area (TPSA) is 37.3 Å². The van der Waals surface area contributed by atoms with Gasteiger partial charge in [-0.25, -0.2) is 0 Å². The van der Waals surface area contributed by atoms with Gasteiger partial charge in [0, 0.05) is 11.5 Å². The van der Waals surface area contributed by atoms with Gasteiger partial charge < -0.3 is 5.11 Å². The van der Waals surface area contributed by atoms with Crippen LogP contribution in [-0.2, 0) is 0 Å². The highest BCUT2D eigenvalue weighted by molar-refractivity contribution is 5.74. The Hall–Kier alpha value is -2.09. The molecule has 0 amide bonds. The molecule has 2 nitrogen and oxygen atoms in total. The minimum Gasteiger partial charge on any atom is -0.508 e. The van der Waals surface area contributed by atoms with Crippen molar-refractivity contribution in [3.8, 4) is 5.75 Å². The number of phenols is 1. The van der Waals surface area contributed by atoms with E-state index in [1.165, 1.54) is 5.56 Å². The second kappa shape index (κ2) is 5.49. The van der Waals surface area contributed by atoms with Gasteiger partial charge in [-0.3, -0.25) is 4.79 Å². The monoisotopic (exact) mass is 268 g/mol. The molecule has 0 aliphatic heterocycles. The summed E-state index contributed by atoms with van der Waals surface area (Å²) in [6, 6.07) is 15.1. The van der Waals surface area contributed by atoms with E-state index < -0.39 is 0 Å². The largest absolute Gasteiger partial charge is 0.508 e. The lowest BCUT2D eigenvalue weighted by molar-refractivity contribution is 0.112. The molecule has 0 heterocycles. The Morgan fingerprint density at radius 3 is 1.75 bits per heavy atom. The third-order valence-corrected chi connectivity index (χ3v) is 3.50. The maximum absolute atomic E-state index is 10.8. The quantitative estimate of drug-likeness (QED) is 0.839. The van der Waals surface area contributed by atoms with E-state index >= 15 is 0 Å². The molecule has 0 bridgehead atoms. The summed E-state index contributed by atoms with van der Waals surface area (Å²) in [6.45, 7) is 6.58. The second-order valence-electron chi connectivity index (χ2n) is 6.18. The zero-order valence-electron chi connectivity index (χ0n) is 12.1. The molecule has 2 aromatic rings. The van der Waals surface area contributed by atoms with Gasteiger partial charge in [0.25, 0.3) is 0 Å². The minimum atomic E-state index is 0.0413. The normalized spacial score (nSPS) is 12.9. The van der Waals surface area contributed by atoms with E-state index in [9.17, 15) is 9.90 Å². The molecule has 0 aliphatic rings. The van der Waals surface area contributed by atoms with Crippen molar-refractivity contribution in [2.75, 3.05) is 0 Å². The number of carbonyl (C=O) groups excluding carboxylic acids is 1. The SMILES string of the molecule is CC(C)(C)C(c1ccc(O)cc1)c1ccc(C=O)cc1. The third kappa shape index (κ3) is 3.08. The number of aldehydes is 1. The molecular formula is C18H20O2. The van der Waals surface area contributed by atoms with Gasteiger partial charge in [0.1, 0.15) is 12.0 Å². The first kappa shape index (κ1) is 14.3. The lowest BCUT2D eigenvalue weighted by atomic mass is 9.72. The van der Waals surface area contributed by atoms with Crippen LogP contribution in [0.1, 0.15) is 48.2 Å².